The average Bonchev–Trinajstić information content (AvgIpc) is 2.76. The fraction of sp³-hybridized carbons (Fsp3) is 0.414. The summed E-state index contributed by atoms with van der Waals surface area (Å²) < 4.78 is 49.2. The number of ether oxygens (including phenoxy) is 2. The third kappa shape index (κ3) is 8.10. The SMILES string of the molecule is COC1CC(C)=C(/C=C/C(C)=C/C=C/C(C)=C/C(=O)Oc2ccc(C(F)(F)F)cc2C)C(C)C1C. The van der Waals surface area contributed by atoms with Gasteiger partial charge in [0.15, 0.2) is 0 Å². The number of halogens is 3. The summed E-state index contributed by atoms with van der Waals surface area (Å²) in [5.41, 5.74) is 3.88. The molecule has 3 atom stereocenters. The number of carbonyl (C=O) groups is 1. The molecule has 0 heterocycles. The minimum atomic E-state index is -4.44. The molecule has 190 valence electrons. The van der Waals surface area contributed by atoms with Gasteiger partial charge in [0.2, 0.25) is 0 Å². The van der Waals surface area contributed by atoms with Gasteiger partial charge in [0.25, 0.3) is 0 Å². The maximum Gasteiger partial charge on any atom is 0.416 e. The molecule has 0 fully saturated rings. The van der Waals surface area contributed by atoms with Crippen molar-refractivity contribution in [2.45, 2.75) is 60.2 Å². The molecule has 1 aromatic rings. The molecular weight excluding hydrogens is 453 g/mol. The van der Waals surface area contributed by atoms with E-state index in [1.54, 1.807) is 20.1 Å². The topological polar surface area (TPSA) is 35.5 Å². The van der Waals surface area contributed by atoms with E-state index in [0.717, 1.165) is 30.2 Å². The predicted octanol–water partition coefficient (Wildman–Crippen LogP) is 7.93. The number of hydrogen-bond acceptors (Lipinski definition) is 3. The minimum Gasteiger partial charge on any atom is -0.423 e. The van der Waals surface area contributed by atoms with Gasteiger partial charge < -0.3 is 9.47 Å². The molecule has 6 heteroatoms. The lowest BCUT2D eigenvalue weighted by atomic mass is 9.75. The third-order valence-corrected chi connectivity index (χ3v) is 6.47. The highest BCUT2D eigenvalue weighted by atomic mass is 19.4. The molecule has 3 unspecified atom stereocenters. The Morgan fingerprint density at radius 3 is 2.37 bits per heavy atom. The molecule has 0 saturated carbocycles. The second-order valence-electron chi connectivity index (χ2n) is 9.25. The highest BCUT2D eigenvalue weighted by Crippen LogP contribution is 2.36. The Hall–Kier alpha value is -2.86. The van der Waals surface area contributed by atoms with Gasteiger partial charge in [0, 0.05) is 13.2 Å². The molecule has 0 aliphatic heterocycles. The highest BCUT2D eigenvalue weighted by Gasteiger charge is 2.31. The number of hydrogen-bond donors (Lipinski definition) is 0. The van der Waals surface area contributed by atoms with Crippen LogP contribution in [0.25, 0.3) is 0 Å². The number of methoxy groups -OCH3 is 1. The summed E-state index contributed by atoms with van der Waals surface area (Å²) in [6.45, 7) is 11.8. The van der Waals surface area contributed by atoms with E-state index in [-0.39, 0.29) is 17.4 Å². The third-order valence-electron chi connectivity index (χ3n) is 6.47. The van der Waals surface area contributed by atoms with Gasteiger partial charge in [-0.1, -0.05) is 55.4 Å². The molecule has 35 heavy (non-hydrogen) atoms. The van der Waals surface area contributed by atoms with Gasteiger partial charge in [-0.05, 0) is 80.9 Å². The Morgan fingerprint density at radius 2 is 1.77 bits per heavy atom. The Labute approximate surface area is 206 Å². The molecule has 0 amide bonds. The van der Waals surface area contributed by atoms with Crippen LogP contribution in [0.3, 0.4) is 0 Å². The lowest BCUT2D eigenvalue weighted by molar-refractivity contribution is -0.137. The van der Waals surface area contributed by atoms with E-state index in [1.807, 2.05) is 19.1 Å². The molecule has 0 spiro atoms. The number of aryl methyl sites for hydroxylation is 1. The number of esters is 1. The first-order chi connectivity index (χ1) is 16.3. The molecule has 0 aromatic heterocycles. The van der Waals surface area contributed by atoms with Gasteiger partial charge in [-0.25, -0.2) is 4.79 Å². The summed E-state index contributed by atoms with van der Waals surface area (Å²) in [6, 6.07) is 3.02. The van der Waals surface area contributed by atoms with E-state index in [0.29, 0.717) is 17.4 Å². The van der Waals surface area contributed by atoms with Crippen LogP contribution >= 0.6 is 0 Å². The van der Waals surface area contributed by atoms with Gasteiger partial charge in [-0.15, -0.1) is 0 Å². The molecule has 0 bridgehead atoms. The zero-order valence-electron chi connectivity index (χ0n) is 21.5. The van der Waals surface area contributed by atoms with Crippen molar-refractivity contribution in [1.29, 1.82) is 0 Å². The molecule has 2 rings (SSSR count). The number of allylic oxidation sites excluding steroid dienone is 8. The molecule has 0 saturated heterocycles. The lowest BCUT2D eigenvalue weighted by Gasteiger charge is -2.35. The number of benzene rings is 1. The van der Waals surface area contributed by atoms with E-state index < -0.39 is 17.7 Å². The van der Waals surface area contributed by atoms with Crippen LogP contribution in [0.1, 0.15) is 52.2 Å². The van der Waals surface area contributed by atoms with Crippen LogP contribution in [0.5, 0.6) is 5.75 Å². The summed E-state index contributed by atoms with van der Waals surface area (Å²) in [6.07, 6.45) is 7.89. The van der Waals surface area contributed by atoms with Crippen LogP contribution in [0.15, 0.2) is 76.9 Å². The molecule has 0 N–H and O–H groups in total. The summed E-state index contributed by atoms with van der Waals surface area (Å²) in [5.74, 6) is 0.321. The maximum atomic E-state index is 12.8. The van der Waals surface area contributed by atoms with Gasteiger partial charge in [-0.2, -0.15) is 13.2 Å². The van der Waals surface area contributed by atoms with Crippen molar-refractivity contribution in [2.75, 3.05) is 7.11 Å². The Balaban J connectivity index is 2.00. The summed E-state index contributed by atoms with van der Waals surface area (Å²) in [5, 5.41) is 0. The van der Waals surface area contributed by atoms with Crippen LogP contribution in [-0.2, 0) is 15.7 Å². The standard InChI is InChI=1S/C29H35F3O3/c1-18(11-13-25-20(3)17-27(34-7)23(6)22(25)5)9-8-10-19(2)15-28(33)35-26-14-12-24(16-21(26)4)29(30,31)32/h8-16,22-23,27H,17H2,1-7H3/b10-8+,13-11+,18-9+,19-15+. The van der Waals surface area contributed by atoms with E-state index in [4.69, 9.17) is 9.47 Å². The first-order valence-corrected chi connectivity index (χ1v) is 11.7. The van der Waals surface area contributed by atoms with Gasteiger partial charge in [0.1, 0.15) is 5.75 Å². The van der Waals surface area contributed by atoms with E-state index in [9.17, 15) is 18.0 Å². The number of rotatable bonds is 7. The fourth-order valence-electron chi connectivity index (χ4n) is 4.13. The first-order valence-electron chi connectivity index (χ1n) is 11.7. The van der Waals surface area contributed by atoms with Crippen LogP contribution in [0.4, 0.5) is 13.2 Å². The summed E-state index contributed by atoms with van der Waals surface area (Å²) in [7, 11) is 1.77. The maximum absolute atomic E-state index is 12.8. The smallest absolute Gasteiger partial charge is 0.416 e. The van der Waals surface area contributed by atoms with E-state index in [1.165, 1.54) is 24.1 Å². The van der Waals surface area contributed by atoms with Gasteiger partial charge in [-0.3, -0.25) is 0 Å². The van der Waals surface area contributed by atoms with Gasteiger partial charge >= 0.3 is 12.1 Å². The second kappa shape index (κ2) is 12.2. The zero-order valence-corrected chi connectivity index (χ0v) is 21.5. The van der Waals surface area contributed by atoms with Crippen molar-refractivity contribution < 1.29 is 27.4 Å². The Bertz CT molecular complexity index is 1070. The average molecular weight is 489 g/mol. The van der Waals surface area contributed by atoms with Crippen molar-refractivity contribution in [3.63, 3.8) is 0 Å². The Morgan fingerprint density at radius 1 is 1.09 bits per heavy atom. The van der Waals surface area contributed by atoms with Crippen molar-refractivity contribution in [1.82, 2.24) is 0 Å². The zero-order chi connectivity index (χ0) is 26.3. The molecule has 0 radical (unpaired) electrons. The predicted molar refractivity (Wildman–Crippen MR) is 134 cm³/mol. The van der Waals surface area contributed by atoms with E-state index in [2.05, 4.69) is 32.9 Å². The van der Waals surface area contributed by atoms with Crippen LogP contribution in [-0.4, -0.2) is 19.2 Å². The lowest BCUT2D eigenvalue weighted by Crippen LogP contribution is -2.31. The molecule has 1 aromatic carbocycles. The molecule has 3 nitrogen and oxygen atoms in total. The van der Waals surface area contributed by atoms with Crippen molar-refractivity contribution in [2.24, 2.45) is 11.8 Å². The second-order valence-corrected chi connectivity index (χ2v) is 9.25. The number of alkyl halides is 3. The minimum absolute atomic E-state index is 0.101. The monoisotopic (exact) mass is 488 g/mol. The van der Waals surface area contributed by atoms with Crippen LogP contribution in [0.2, 0.25) is 0 Å². The normalized spacial score (nSPS) is 22.4. The van der Waals surface area contributed by atoms with Crippen LogP contribution < -0.4 is 4.74 Å². The van der Waals surface area contributed by atoms with Crippen molar-refractivity contribution in [3.8, 4) is 5.75 Å². The molecule has 1 aliphatic carbocycles. The first kappa shape index (κ1) is 28.4. The largest absolute Gasteiger partial charge is 0.423 e. The van der Waals surface area contributed by atoms with Crippen molar-refractivity contribution in [3.05, 3.63) is 88.1 Å². The van der Waals surface area contributed by atoms with E-state index >= 15 is 0 Å². The van der Waals surface area contributed by atoms with Gasteiger partial charge in [0.05, 0.1) is 11.7 Å². The molecule has 1 aliphatic rings. The number of carbonyl (C=O) groups excluding carboxylic acids is 1. The van der Waals surface area contributed by atoms with Crippen molar-refractivity contribution >= 4 is 5.97 Å². The fourth-order valence-corrected chi connectivity index (χ4v) is 4.13. The molecular formula is C29H35F3O3. The summed E-state index contributed by atoms with van der Waals surface area (Å²) >= 11 is 0. The summed E-state index contributed by atoms with van der Waals surface area (Å²) in [4.78, 5) is 12.2. The Kier molecular flexibility index (Phi) is 9.90. The van der Waals surface area contributed by atoms with Crippen LogP contribution in [0, 0.1) is 18.8 Å². The quantitative estimate of drug-likeness (QED) is 0.169. The highest BCUT2D eigenvalue weighted by molar-refractivity contribution is 5.85.